The van der Waals surface area contributed by atoms with Crippen LogP contribution in [0.1, 0.15) is 34.7 Å². The zero-order valence-corrected chi connectivity index (χ0v) is 20.8. The van der Waals surface area contributed by atoms with Crippen molar-refractivity contribution in [2.45, 2.75) is 44.5 Å². The minimum Gasteiger partial charge on any atom is -0.487 e. The molecule has 4 rings (SSSR count). The van der Waals surface area contributed by atoms with Crippen LogP contribution in [0, 0.1) is 0 Å². The number of carboxylic acid groups (broad SMARTS) is 1. The Bertz CT molecular complexity index is 1310. The van der Waals surface area contributed by atoms with Gasteiger partial charge < -0.3 is 14.7 Å². The maximum atomic E-state index is 13.1. The van der Waals surface area contributed by atoms with Crippen LogP contribution >= 0.6 is 11.6 Å². The minimum absolute atomic E-state index is 0.0899. The first kappa shape index (κ1) is 26.5. The molecule has 1 amide bonds. The van der Waals surface area contributed by atoms with E-state index in [1.807, 2.05) is 37.3 Å². The van der Waals surface area contributed by atoms with Crippen LogP contribution in [0.4, 0.5) is 13.2 Å². The largest absolute Gasteiger partial charge is 0.487 e. The Kier molecular flexibility index (Phi) is 7.50. The zero-order valence-electron chi connectivity index (χ0n) is 20.0. The Morgan fingerprint density at radius 2 is 1.73 bits per heavy atom. The van der Waals surface area contributed by atoms with Crippen molar-refractivity contribution in [3.8, 4) is 5.75 Å². The van der Waals surface area contributed by atoms with Gasteiger partial charge in [-0.25, -0.2) is 0 Å². The molecule has 0 saturated carbocycles. The maximum absolute atomic E-state index is 13.1. The lowest BCUT2D eigenvalue weighted by Crippen LogP contribution is -2.36. The molecule has 0 aromatic heterocycles. The summed E-state index contributed by atoms with van der Waals surface area (Å²) in [5.41, 5.74) is 1.55. The van der Waals surface area contributed by atoms with Crippen LogP contribution in [-0.2, 0) is 41.6 Å². The van der Waals surface area contributed by atoms with E-state index in [4.69, 9.17) is 16.3 Å². The number of carbonyl (C=O) groups excluding carboxylic acids is 1. The van der Waals surface area contributed by atoms with E-state index in [1.54, 1.807) is 12.1 Å². The number of benzene rings is 3. The number of alkyl halides is 3. The number of aliphatic carboxylic acids is 1. The molecule has 0 radical (unpaired) electrons. The lowest BCUT2D eigenvalue weighted by Gasteiger charge is -2.24. The molecule has 1 heterocycles. The quantitative estimate of drug-likeness (QED) is 0.390. The lowest BCUT2D eigenvalue weighted by atomic mass is 9.91. The number of carboxylic acids is 1. The van der Waals surface area contributed by atoms with Crippen LogP contribution in [-0.4, -0.2) is 34.0 Å². The smallest absolute Gasteiger partial charge is 0.416 e. The summed E-state index contributed by atoms with van der Waals surface area (Å²) in [6.45, 7) is 1.14. The fraction of sp³-hybridized carbons (Fsp3) is 0.286. The van der Waals surface area contributed by atoms with Gasteiger partial charge in [-0.2, -0.15) is 13.2 Å². The van der Waals surface area contributed by atoms with Crippen molar-refractivity contribution < 1.29 is 32.6 Å². The molecule has 3 aromatic rings. The topological polar surface area (TPSA) is 66.8 Å². The molecule has 0 spiro atoms. The fourth-order valence-corrected chi connectivity index (χ4v) is 4.69. The van der Waals surface area contributed by atoms with Gasteiger partial charge in [-0.1, -0.05) is 48.0 Å². The molecule has 0 fully saturated rings. The van der Waals surface area contributed by atoms with Crippen molar-refractivity contribution in [2.24, 2.45) is 0 Å². The molecule has 3 aromatic carbocycles. The van der Waals surface area contributed by atoms with E-state index >= 15 is 0 Å². The molecule has 194 valence electrons. The predicted octanol–water partition coefficient (Wildman–Crippen LogP) is 5.95. The number of carbonyl (C=O) groups is 2. The Balaban J connectivity index is 1.46. The molecule has 1 unspecified atom stereocenters. The second kappa shape index (κ2) is 10.5. The Morgan fingerprint density at radius 3 is 2.41 bits per heavy atom. The van der Waals surface area contributed by atoms with Gasteiger partial charge in [-0.15, -0.1) is 0 Å². The van der Waals surface area contributed by atoms with Gasteiger partial charge in [0.25, 0.3) is 0 Å². The van der Waals surface area contributed by atoms with E-state index in [0.717, 1.165) is 33.9 Å². The van der Waals surface area contributed by atoms with Crippen LogP contribution in [0.2, 0.25) is 5.02 Å². The number of hydrogen-bond acceptors (Lipinski definition) is 3. The molecule has 0 saturated heterocycles. The summed E-state index contributed by atoms with van der Waals surface area (Å²) in [6.07, 6.45) is -3.34. The number of hydrogen-bond donors (Lipinski definition) is 1. The maximum Gasteiger partial charge on any atom is 0.416 e. The summed E-state index contributed by atoms with van der Waals surface area (Å²) in [5, 5.41) is 9.94. The first-order valence-corrected chi connectivity index (χ1v) is 12.0. The third kappa shape index (κ3) is 6.83. The molecule has 9 heteroatoms. The van der Waals surface area contributed by atoms with E-state index in [2.05, 4.69) is 0 Å². The predicted molar refractivity (Wildman–Crippen MR) is 133 cm³/mol. The van der Waals surface area contributed by atoms with Gasteiger partial charge in [0.1, 0.15) is 17.9 Å². The summed E-state index contributed by atoms with van der Waals surface area (Å²) >= 11 is 5.98. The summed E-state index contributed by atoms with van der Waals surface area (Å²) < 4.78 is 45.4. The molecule has 5 nitrogen and oxygen atoms in total. The highest BCUT2D eigenvalue weighted by atomic mass is 35.5. The molecular weight excluding hydrogens is 507 g/mol. The van der Waals surface area contributed by atoms with E-state index < -0.39 is 35.8 Å². The van der Waals surface area contributed by atoms with Crippen molar-refractivity contribution in [3.63, 3.8) is 0 Å². The van der Waals surface area contributed by atoms with Crippen molar-refractivity contribution in [2.75, 3.05) is 6.54 Å². The summed E-state index contributed by atoms with van der Waals surface area (Å²) in [4.78, 5) is 25.5. The number of fused-ring (bicyclic) bond motifs is 1. The molecule has 37 heavy (non-hydrogen) atoms. The lowest BCUT2D eigenvalue weighted by molar-refractivity contribution is -0.144. The first-order chi connectivity index (χ1) is 17.4. The second-order valence-electron chi connectivity index (χ2n) is 9.49. The van der Waals surface area contributed by atoms with Crippen molar-refractivity contribution in [1.29, 1.82) is 0 Å². The number of rotatable bonds is 8. The average Bonchev–Trinajstić information content (AvgIpc) is 3.14. The summed E-state index contributed by atoms with van der Waals surface area (Å²) in [5.74, 6) is -1.03. The van der Waals surface area contributed by atoms with Crippen LogP contribution in [0.25, 0.3) is 0 Å². The highest BCUT2D eigenvalue weighted by Gasteiger charge is 2.35. The second-order valence-corrected chi connectivity index (χ2v) is 9.93. The van der Waals surface area contributed by atoms with Gasteiger partial charge in [-0.3, -0.25) is 9.59 Å². The molecule has 1 aliphatic heterocycles. The van der Waals surface area contributed by atoms with E-state index in [9.17, 15) is 27.9 Å². The molecular formula is C28H25ClF3NO4. The van der Waals surface area contributed by atoms with Gasteiger partial charge in [0.05, 0.1) is 12.0 Å². The number of nitrogens with zero attached hydrogens (tertiary/aromatic N) is 1. The summed E-state index contributed by atoms with van der Waals surface area (Å²) in [7, 11) is 0. The molecule has 0 bridgehead atoms. The third-order valence-corrected chi connectivity index (χ3v) is 6.45. The summed E-state index contributed by atoms with van der Waals surface area (Å²) in [6, 6.07) is 17.5. The third-order valence-electron chi connectivity index (χ3n) is 6.20. The monoisotopic (exact) mass is 531 g/mol. The highest BCUT2D eigenvalue weighted by molar-refractivity contribution is 6.30. The van der Waals surface area contributed by atoms with Crippen molar-refractivity contribution in [3.05, 3.63) is 99.6 Å². The van der Waals surface area contributed by atoms with Gasteiger partial charge in [0.2, 0.25) is 5.91 Å². The number of halogens is 4. The molecule has 1 atom stereocenters. The van der Waals surface area contributed by atoms with Gasteiger partial charge in [0, 0.05) is 24.4 Å². The molecule has 1 N–H and O–H groups in total. The van der Waals surface area contributed by atoms with Gasteiger partial charge in [-0.05, 0) is 59.5 Å². The molecule has 0 aliphatic carbocycles. The van der Waals surface area contributed by atoms with Crippen molar-refractivity contribution in [1.82, 2.24) is 4.90 Å². The first-order valence-electron chi connectivity index (χ1n) is 11.6. The van der Waals surface area contributed by atoms with Crippen LogP contribution in [0.5, 0.6) is 5.75 Å². The standard InChI is InChI=1S/C28H25ClF3NO4/c1-27(14-18-5-8-23(29)9-6-18)15-21-11-19(7-10-24(21)37-27)13-25(34)33(17-26(35)36)16-20-3-2-4-22(12-20)28(30,31)32/h2-12H,13-17H2,1H3,(H,35,36). The molecule has 1 aliphatic rings. The van der Waals surface area contributed by atoms with Gasteiger partial charge in [0.15, 0.2) is 0 Å². The zero-order chi connectivity index (χ0) is 26.8. The number of amides is 1. The van der Waals surface area contributed by atoms with Crippen LogP contribution < -0.4 is 4.74 Å². The fourth-order valence-electron chi connectivity index (χ4n) is 4.57. The van der Waals surface area contributed by atoms with E-state index in [1.165, 1.54) is 12.1 Å². The Labute approximate surface area is 217 Å². The number of ether oxygens (including phenoxy) is 1. The van der Waals surface area contributed by atoms with Gasteiger partial charge >= 0.3 is 12.1 Å². The Morgan fingerprint density at radius 1 is 1.03 bits per heavy atom. The van der Waals surface area contributed by atoms with Crippen LogP contribution in [0.3, 0.4) is 0 Å². The average molecular weight is 532 g/mol. The SMILES string of the molecule is CC1(Cc2ccc(Cl)cc2)Cc2cc(CC(=O)N(CC(=O)O)Cc3cccc(C(F)(F)F)c3)ccc2O1. The van der Waals surface area contributed by atoms with E-state index in [-0.39, 0.29) is 18.5 Å². The van der Waals surface area contributed by atoms with Crippen LogP contribution in [0.15, 0.2) is 66.7 Å². The van der Waals surface area contributed by atoms with E-state index in [0.29, 0.717) is 23.4 Å². The highest BCUT2D eigenvalue weighted by Crippen LogP contribution is 2.38. The normalized spacial score (nSPS) is 16.7. The minimum atomic E-state index is -4.54. The Hall–Kier alpha value is -3.52. The van der Waals surface area contributed by atoms with Crippen molar-refractivity contribution >= 4 is 23.5 Å².